The summed E-state index contributed by atoms with van der Waals surface area (Å²) in [5.41, 5.74) is 1.07. The number of hydrogen-bond acceptors (Lipinski definition) is 4. The van der Waals surface area contributed by atoms with E-state index in [0.29, 0.717) is 24.2 Å². The van der Waals surface area contributed by atoms with E-state index in [0.717, 1.165) is 63.3 Å². The molecule has 2 rings (SSSR count). The van der Waals surface area contributed by atoms with Gasteiger partial charge in [-0.1, -0.05) is 19.9 Å². The van der Waals surface area contributed by atoms with Crippen LogP contribution in [-0.4, -0.2) is 61.2 Å². The Bertz CT molecular complexity index is 696. The van der Waals surface area contributed by atoms with Gasteiger partial charge in [-0.25, -0.2) is 0 Å². The second-order valence-electron chi connectivity index (χ2n) is 7.77. The van der Waals surface area contributed by atoms with Crippen molar-refractivity contribution < 1.29 is 14.6 Å². The molecule has 30 heavy (non-hydrogen) atoms. The largest absolute Gasteiger partial charge is 0.504 e. The Morgan fingerprint density at radius 1 is 1.27 bits per heavy atom. The number of guanidine groups is 1. The molecule has 0 aliphatic carbocycles. The molecule has 1 heterocycles. The molecule has 0 bridgehead atoms. The van der Waals surface area contributed by atoms with Gasteiger partial charge in [-0.3, -0.25) is 9.79 Å². The highest BCUT2D eigenvalue weighted by Gasteiger charge is 2.26. The Hall–Kier alpha value is -2.44. The number of ether oxygens (including phenoxy) is 1. The van der Waals surface area contributed by atoms with E-state index in [1.54, 1.807) is 13.2 Å². The fraction of sp³-hybridized carbons (Fsp3) is 0.652. The first-order valence-electron chi connectivity index (χ1n) is 11.2. The normalized spacial score (nSPS) is 15.4. The molecule has 1 fully saturated rings. The summed E-state index contributed by atoms with van der Waals surface area (Å²) in [6.07, 6.45) is 4.46. The average molecular weight is 419 g/mol. The van der Waals surface area contributed by atoms with E-state index in [-0.39, 0.29) is 11.7 Å². The van der Waals surface area contributed by atoms with Crippen LogP contribution in [0.3, 0.4) is 0 Å². The minimum Gasteiger partial charge on any atom is -0.504 e. The van der Waals surface area contributed by atoms with Gasteiger partial charge in [-0.2, -0.15) is 0 Å². The van der Waals surface area contributed by atoms with Crippen molar-refractivity contribution in [3.8, 4) is 11.5 Å². The van der Waals surface area contributed by atoms with Gasteiger partial charge in [-0.15, -0.1) is 0 Å². The SMILES string of the molecule is CCNC(=NCCc1ccc(O)c(OC)c1)NC1CCN(C(=O)C(CC)CC)CC1. The minimum atomic E-state index is 0.147. The molecule has 0 atom stereocenters. The number of phenolic OH excluding ortho intramolecular Hbond substituents is 1. The average Bonchev–Trinajstić information content (AvgIpc) is 2.76. The molecule has 3 N–H and O–H groups in total. The number of phenols is 1. The van der Waals surface area contributed by atoms with Crippen LogP contribution in [0.5, 0.6) is 11.5 Å². The summed E-state index contributed by atoms with van der Waals surface area (Å²) in [6.45, 7) is 9.28. The molecule has 168 valence electrons. The number of carbonyl (C=O) groups is 1. The summed E-state index contributed by atoms with van der Waals surface area (Å²) in [7, 11) is 1.55. The van der Waals surface area contributed by atoms with Crippen LogP contribution in [0.1, 0.15) is 52.0 Å². The highest BCUT2D eigenvalue weighted by atomic mass is 16.5. The van der Waals surface area contributed by atoms with Crippen molar-refractivity contribution in [2.24, 2.45) is 10.9 Å². The number of piperidine rings is 1. The predicted octanol–water partition coefficient (Wildman–Crippen LogP) is 2.93. The zero-order valence-electron chi connectivity index (χ0n) is 18.9. The molecule has 1 aromatic carbocycles. The number of nitrogens with one attached hydrogen (secondary N) is 2. The smallest absolute Gasteiger partial charge is 0.225 e. The summed E-state index contributed by atoms with van der Waals surface area (Å²) in [5, 5.41) is 16.6. The monoisotopic (exact) mass is 418 g/mol. The molecular formula is C23H38N4O3. The van der Waals surface area contributed by atoms with E-state index >= 15 is 0 Å². The van der Waals surface area contributed by atoms with Crippen LogP contribution in [0.4, 0.5) is 0 Å². The lowest BCUT2D eigenvalue weighted by Crippen LogP contribution is -2.50. The van der Waals surface area contributed by atoms with E-state index in [1.807, 2.05) is 17.0 Å². The number of methoxy groups -OCH3 is 1. The Morgan fingerprint density at radius 3 is 2.57 bits per heavy atom. The van der Waals surface area contributed by atoms with Crippen LogP contribution >= 0.6 is 0 Å². The first-order valence-corrected chi connectivity index (χ1v) is 11.2. The Balaban J connectivity index is 1.86. The van der Waals surface area contributed by atoms with E-state index in [1.165, 1.54) is 0 Å². The highest BCUT2D eigenvalue weighted by Crippen LogP contribution is 2.26. The van der Waals surface area contributed by atoms with E-state index in [2.05, 4.69) is 31.4 Å². The lowest BCUT2D eigenvalue weighted by molar-refractivity contribution is -0.136. The maximum absolute atomic E-state index is 12.6. The van der Waals surface area contributed by atoms with Crippen molar-refractivity contribution in [3.63, 3.8) is 0 Å². The number of nitrogens with zero attached hydrogens (tertiary/aromatic N) is 2. The van der Waals surface area contributed by atoms with Crippen LogP contribution in [-0.2, 0) is 11.2 Å². The molecule has 1 aliphatic rings. The van der Waals surface area contributed by atoms with Crippen molar-refractivity contribution in [1.82, 2.24) is 15.5 Å². The van der Waals surface area contributed by atoms with Gasteiger partial charge in [-0.05, 0) is 56.7 Å². The fourth-order valence-corrected chi connectivity index (χ4v) is 3.83. The van der Waals surface area contributed by atoms with E-state index in [9.17, 15) is 9.90 Å². The molecule has 1 amide bonds. The lowest BCUT2D eigenvalue weighted by Gasteiger charge is -2.34. The van der Waals surface area contributed by atoms with Gasteiger partial charge >= 0.3 is 0 Å². The zero-order chi connectivity index (χ0) is 21.9. The molecule has 1 aromatic rings. The van der Waals surface area contributed by atoms with Gasteiger partial charge in [0.25, 0.3) is 0 Å². The Kier molecular flexibility index (Phi) is 9.77. The molecule has 7 heteroatoms. The van der Waals surface area contributed by atoms with Gasteiger partial charge < -0.3 is 25.4 Å². The van der Waals surface area contributed by atoms with Crippen molar-refractivity contribution in [1.29, 1.82) is 0 Å². The number of aliphatic imine (C=N–C) groups is 1. The predicted molar refractivity (Wildman–Crippen MR) is 121 cm³/mol. The second-order valence-corrected chi connectivity index (χ2v) is 7.77. The number of aromatic hydroxyl groups is 1. The molecule has 0 saturated carbocycles. The molecule has 0 spiro atoms. The van der Waals surface area contributed by atoms with Crippen LogP contribution in [0, 0.1) is 5.92 Å². The minimum absolute atomic E-state index is 0.147. The van der Waals surface area contributed by atoms with Crippen molar-refractivity contribution in [3.05, 3.63) is 23.8 Å². The van der Waals surface area contributed by atoms with Gasteiger partial charge in [0.2, 0.25) is 5.91 Å². The first kappa shape index (κ1) is 23.8. The fourth-order valence-electron chi connectivity index (χ4n) is 3.83. The summed E-state index contributed by atoms with van der Waals surface area (Å²) in [5.74, 6) is 1.91. The van der Waals surface area contributed by atoms with E-state index in [4.69, 9.17) is 9.73 Å². The van der Waals surface area contributed by atoms with Gasteiger partial charge in [0.15, 0.2) is 17.5 Å². The molecule has 0 unspecified atom stereocenters. The summed E-state index contributed by atoms with van der Waals surface area (Å²) >= 11 is 0. The van der Waals surface area contributed by atoms with Gasteiger partial charge in [0, 0.05) is 38.1 Å². The standard InChI is InChI=1S/C23H38N4O3/c1-5-18(6-2)22(29)27-14-11-19(12-15-27)26-23(24-7-3)25-13-10-17-8-9-20(28)21(16-17)30-4/h8-9,16,18-19,28H,5-7,10-15H2,1-4H3,(H2,24,25,26). The van der Waals surface area contributed by atoms with Crippen molar-refractivity contribution in [2.45, 2.75) is 58.9 Å². The number of rotatable bonds is 9. The molecule has 1 saturated heterocycles. The molecule has 1 aliphatic heterocycles. The van der Waals surface area contributed by atoms with Gasteiger partial charge in [0.1, 0.15) is 0 Å². The number of hydrogen-bond donors (Lipinski definition) is 3. The summed E-state index contributed by atoms with van der Waals surface area (Å²) < 4.78 is 5.17. The number of carbonyl (C=O) groups excluding carboxylic acids is 1. The summed E-state index contributed by atoms with van der Waals surface area (Å²) in [6, 6.07) is 5.71. The third-order valence-electron chi connectivity index (χ3n) is 5.74. The number of amides is 1. The van der Waals surface area contributed by atoms with Crippen LogP contribution in [0.2, 0.25) is 0 Å². The molecular weight excluding hydrogens is 380 g/mol. The first-order chi connectivity index (χ1) is 14.5. The van der Waals surface area contributed by atoms with Crippen molar-refractivity contribution >= 4 is 11.9 Å². The third kappa shape index (κ3) is 6.82. The Labute approximate surface area is 180 Å². The topological polar surface area (TPSA) is 86.2 Å². The van der Waals surface area contributed by atoms with Gasteiger partial charge in [0.05, 0.1) is 7.11 Å². The Morgan fingerprint density at radius 2 is 1.97 bits per heavy atom. The van der Waals surface area contributed by atoms with E-state index < -0.39 is 0 Å². The highest BCUT2D eigenvalue weighted by molar-refractivity contribution is 5.80. The maximum atomic E-state index is 12.6. The van der Waals surface area contributed by atoms with Crippen LogP contribution in [0.25, 0.3) is 0 Å². The van der Waals surface area contributed by atoms with Crippen molar-refractivity contribution in [2.75, 3.05) is 33.3 Å². The van der Waals surface area contributed by atoms with Crippen LogP contribution < -0.4 is 15.4 Å². The zero-order valence-corrected chi connectivity index (χ0v) is 18.9. The maximum Gasteiger partial charge on any atom is 0.225 e. The molecule has 7 nitrogen and oxygen atoms in total. The lowest BCUT2D eigenvalue weighted by atomic mass is 9.98. The third-order valence-corrected chi connectivity index (χ3v) is 5.74. The molecule has 0 aromatic heterocycles. The number of benzene rings is 1. The quantitative estimate of drug-likeness (QED) is 0.424. The molecule has 0 radical (unpaired) electrons. The number of likely N-dealkylation sites (tertiary alicyclic amines) is 1. The summed E-state index contributed by atoms with van der Waals surface area (Å²) in [4.78, 5) is 19.3. The second kappa shape index (κ2) is 12.3. The van der Waals surface area contributed by atoms with Crippen LogP contribution in [0.15, 0.2) is 23.2 Å².